The van der Waals surface area contributed by atoms with E-state index in [0.717, 1.165) is 31.5 Å². The van der Waals surface area contributed by atoms with Gasteiger partial charge < -0.3 is 19.6 Å². The third-order valence-electron chi connectivity index (χ3n) is 6.51. The molecule has 0 spiro atoms. The highest BCUT2D eigenvalue weighted by Gasteiger charge is 2.32. The van der Waals surface area contributed by atoms with Gasteiger partial charge in [0, 0.05) is 63.6 Å². The average molecular weight is 511 g/mol. The Morgan fingerprint density at radius 3 is 2.42 bits per heavy atom. The second kappa shape index (κ2) is 9.87. The Kier molecular flexibility index (Phi) is 6.63. The first-order valence-corrected chi connectivity index (χ1v) is 12.3. The summed E-state index contributed by atoms with van der Waals surface area (Å²) in [6.07, 6.45) is 5.94. The zero-order valence-corrected chi connectivity index (χ0v) is 20.9. The molecule has 0 radical (unpaired) electrons. The molecular weight excluding hydrogens is 484 g/mol. The molecule has 0 aromatic carbocycles. The maximum atomic E-state index is 12.9. The van der Waals surface area contributed by atoms with Crippen LogP contribution >= 0.6 is 11.6 Å². The smallest absolute Gasteiger partial charge is 0.260 e. The Morgan fingerprint density at radius 2 is 1.78 bits per heavy atom. The Hall–Kier alpha value is -3.50. The van der Waals surface area contributed by atoms with Crippen LogP contribution in [0.2, 0.25) is 5.02 Å². The van der Waals surface area contributed by atoms with Crippen LogP contribution in [0.5, 0.6) is 5.75 Å². The molecule has 3 aromatic heterocycles. The maximum Gasteiger partial charge on any atom is 0.260 e. The van der Waals surface area contributed by atoms with Gasteiger partial charge in [-0.1, -0.05) is 11.6 Å². The quantitative estimate of drug-likeness (QED) is 0.556. The number of carbonyl (C=O) groups excluding carboxylic acids is 1. The van der Waals surface area contributed by atoms with Crippen LogP contribution in [-0.4, -0.2) is 62.4 Å². The van der Waals surface area contributed by atoms with Crippen molar-refractivity contribution in [3.8, 4) is 11.6 Å². The van der Waals surface area contributed by atoms with Crippen molar-refractivity contribution in [2.45, 2.75) is 45.3 Å². The molecule has 2 saturated heterocycles. The summed E-state index contributed by atoms with van der Waals surface area (Å²) in [7, 11) is 0. The van der Waals surface area contributed by atoms with Crippen LogP contribution in [0.3, 0.4) is 0 Å². The van der Waals surface area contributed by atoms with Crippen molar-refractivity contribution < 1.29 is 14.6 Å². The molecule has 2 fully saturated rings. The van der Waals surface area contributed by atoms with E-state index in [4.69, 9.17) is 16.3 Å². The zero-order chi connectivity index (χ0) is 25.4. The summed E-state index contributed by atoms with van der Waals surface area (Å²) in [5.41, 5.74) is 1.88. The number of pyridine rings is 2. The van der Waals surface area contributed by atoms with Crippen molar-refractivity contribution in [2.75, 3.05) is 29.4 Å². The Balaban J connectivity index is 1.28. The predicted molar refractivity (Wildman–Crippen MR) is 135 cm³/mol. The lowest BCUT2D eigenvalue weighted by molar-refractivity contribution is -0.124. The number of carbonyl (C=O) groups is 1. The molecule has 188 valence electrons. The fourth-order valence-corrected chi connectivity index (χ4v) is 4.72. The molecule has 36 heavy (non-hydrogen) atoms. The molecule has 11 heteroatoms. The van der Waals surface area contributed by atoms with Crippen LogP contribution in [0.4, 0.5) is 11.6 Å². The van der Waals surface area contributed by atoms with Gasteiger partial charge in [-0.25, -0.2) is 15.0 Å². The lowest BCUT2D eigenvalue weighted by Crippen LogP contribution is -2.39. The monoisotopic (exact) mass is 510 g/mol. The first-order valence-electron chi connectivity index (χ1n) is 11.9. The molecule has 5 rings (SSSR count). The van der Waals surface area contributed by atoms with Gasteiger partial charge in [-0.2, -0.15) is 0 Å². The van der Waals surface area contributed by atoms with E-state index in [1.807, 2.05) is 6.92 Å². The van der Waals surface area contributed by atoms with Crippen molar-refractivity contribution in [3.63, 3.8) is 0 Å². The fourth-order valence-electron chi connectivity index (χ4n) is 4.53. The molecule has 1 atom stereocenters. The number of piperidine rings is 1. The molecule has 1 unspecified atom stereocenters. The standard InChI is InChI=1S/C25H27ClN6O4/c1-15-12-27-25(28-13-15)30-8-5-17(6-9-30)36-21-11-23(34)32(14-18(21)26)22-4-3-19(16(2)29-22)31-10-7-20(33)24(31)35/h3-4,11-14,17,20,33H,5-10H2,1-2H3. The van der Waals surface area contributed by atoms with Crippen molar-refractivity contribution in [2.24, 2.45) is 0 Å². The molecule has 3 aromatic rings. The number of rotatable bonds is 5. The molecule has 1 N–H and O–H groups in total. The van der Waals surface area contributed by atoms with Crippen molar-refractivity contribution >= 4 is 29.1 Å². The molecule has 10 nitrogen and oxygen atoms in total. The van der Waals surface area contributed by atoms with E-state index in [1.165, 1.54) is 21.7 Å². The van der Waals surface area contributed by atoms with Crippen LogP contribution in [-0.2, 0) is 4.79 Å². The number of amides is 1. The topological polar surface area (TPSA) is 114 Å². The minimum atomic E-state index is -0.985. The van der Waals surface area contributed by atoms with E-state index in [1.54, 1.807) is 31.5 Å². The molecule has 5 heterocycles. The van der Waals surface area contributed by atoms with E-state index in [0.29, 0.717) is 46.9 Å². The average Bonchev–Trinajstić information content (AvgIpc) is 3.20. The van der Waals surface area contributed by atoms with Crippen molar-refractivity contribution in [1.29, 1.82) is 0 Å². The van der Waals surface area contributed by atoms with Crippen LogP contribution in [0.25, 0.3) is 5.82 Å². The summed E-state index contributed by atoms with van der Waals surface area (Å²) in [5.74, 6) is 1.09. The van der Waals surface area contributed by atoms with Crippen LogP contribution < -0.4 is 20.1 Å². The van der Waals surface area contributed by atoms with Crippen molar-refractivity contribution in [1.82, 2.24) is 19.5 Å². The summed E-state index contributed by atoms with van der Waals surface area (Å²) in [5, 5.41) is 10.1. The lowest BCUT2D eigenvalue weighted by Gasteiger charge is -2.32. The number of halogens is 1. The molecule has 0 bridgehead atoms. The second-order valence-electron chi connectivity index (χ2n) is 9.13. The van der Waals surface area contributed by atoms with Gasteiger partial charge in [0.2, 0.25) is 5.95 Å². The highest BCUT2D eigenvalue weighted by Crippen LogP contribution is 2.28. The third-order valence-corrected chi connectivity index (χ3v) is 6.80. The number of hydrogen-bond donors (Lipinski definition) is 1. The van der Waals surface area contributed by atoms with E-state index >= 15 is 0 Å². The number of aliphatic hydroxyl groups is 1. The van der Waals surface area contributed by atoms with Gasteiger partial charge in [-0.15, -0.1) is 0 Å². The minimum absolute atomic E-state index is 0.0764. The Bertz CT molecular complexity index is 1340. The third kappa shape index (κ3) is 4.78. The summed E-state index contributed by atoms with van der Waals surface area (Å²) >= 11 is 6.50. The Morgan fingerprint density at radius 1 is 1.06 bits per heavy atom. The highest BCUT2D eigenvalue weighted by molar-refractivity contribution is 6.31. The van der Waals surface area contributed by atoms with Gasteiger partial charge in [0.15, 0.2) is 0 Å². The number of ether oxygens (including phenoxy) is 1. The number of aryl methyl sites for hydroxylation is 2. The van der Waals surface area contributed by atoms with Gasteiger partial charge in [0.05, 0.1) is 16.4 Å². The van der Waals surface area contributed by atoms with E-state index < -0.39 is 6.10 Å². The van der Waals surface area contributed by atoms with Crippen LogP contribution in [0, 0.1) is 13.8 Å². The van der Waals surface area contributed by atoms with Crippen LogP contribution in [0.15, 0.2) is 41.6 Å². The highest BCUT2D eigenvalue weighted by atomic mass is 35.5. The van der Waals surface area contributed by atoms with E-state index in [-0.39, 0.29) is 17.6 Å². The van der Waals surface area contributed by atoms with Gasteiger partial charge in [-0.3, -0.25) is 14.2 Å². The van der Waals surface area contributed by atoms with Gasteiger partial charge in [0.25, 0.3) is 11.5 Å². The molecular formula is C25H27ClN6O4. The predicted octanol–water partition coefficient (Wildman–Crippen LogP) is 2.44. The maximum absolute atomic E-state index is 12.9. The second-order valence-corrected chi connectivity index (χ2v) is 9.53. The fraction of sp³-hybridized carbons (Fsp3) is 0.400. The number of anilines is 2. The summed E-state index contributed by atoms with van der Waals surface area (Å²) in [6, 6.07) is 4.76. The molecule has 0 aliphatic carbocycles. The molecule has 2 aliphatic heterocycles. The number of aromatic nitrogens is 4. The number of nitrogens with zero attached hydrogens (tertiary/aromatic N) is 6. The summed E-state index contributed by atoms with van der Waals surface area (Å²) < 4.78 is 7.44. The zero-order valence-electron chi connectivity index (χ0n) is 20.1. The van der Waals surface area contributed by atoms with Gasteiger partial charge in [0.1, 0.15) is 23.8 Å². The number of aliphatic hydroxyl groups excluding tert-OH is 1. The van der Waals surface area contributed by atoms with E-state index in [2.05, 4.69) is 19.9 Å². The molecule has 1 amide bonds. The van der Waals surface area contributed by atoms with Gasteiger partial charge in [-0.05, 0) is 31.5 Å². The SMILES string of the molecule is Cc1cnc(N2CCC(Oc3cc(=O)n(-c4ccc(N5CCC(O)C5=O)c(C)n4)cc3Cl)CC2)nc1. The van der Waals surface area contributed by atoms with E-state index in [9.17, 15) is 14.7 Å². The molecule has 2 aliphatic rings. The number of hydrogen-bond acceptors (Lipinski definition) is 8. The lowest BCUT2D eigenvalue weighted by atomic mass is 10.1. The largest absolute Gasteiger partial charge is 0.488 e. The first kappa shape index (κ1) is 24.2. The Labute approximate surface area is 213 Å². The van der Waals surface area contributed by atoms with Crippen molar-refractivity contribution in [3.05, 3.63) is 63.4 Å². The van der Waals surface area contributed by atoms with Crippen LogP contribution in [0.1, 0.15) is 30.5 Å². The first-order chi connectivity index (χ1) is 17.3. The summed E-state index contributed by atoms with van der Waals surface area (Å²) in [6.45, 7) is 5.63. The molecule has 0 saturated carbocycles. The minimum Gasteiger partial charge on any atom is -0.488 e. The van der Waals surface area contributed by atoms with Gasteiger partial charge >= 0.3 is 0 Å². The summed E-state index contributed by atoms with van der Waals surface area (Å²) in [4.78, 5) is 42.0. The normalized spacial score (nSPS) is 18.7.